The molecule has 3 heteroatoms. The Morgan fingerprint density at radius 1 is 0.857 bits per heavy atom. The molecule has 0 aromatic heterocycles. The highest BCUT2D eigenvalue weighted by Gasteiger charge is 2.15. The van der Waals surface area contributed by atoms with E-state index in [-0.39, 0.29) is 17.3 Å². The molecule has 0 aliphatic carbocycles. The number of phenols is 2. The van der Waals surface area contributed by atoms with Crippen LogP contribution in [0.4, 0.5) is 4.39 Å². The summed E-state index contributed by atoms with van der Waals surface area (Å²) in [5, 5.41) is 22.1. The smallest absolute Gasteiger partial charge is 0.127 e. The quantitative estimate of drug-likeness (QED) is 0.688. The lowest BCUT2D eigenvalue weighted by molar-refractivity contribution is 0.461. The second-order valence-electron chi connectivity index (χ2n) is 5.15. The first kappa shape index (κ1) is 13.4. The maximum atomic E-state index is 13.0. The van der Waals surface area contributed by atoms with Crippen molar-refractivity contribution in [3.63, 3.8) is 0 Å². The number of aromatic hydroxyl groups is 2. The molecule has 0 bridgehead atoms. The van der Waals surface area contributed by atoms with Crippen molar-refractivity contribution in [2.24, 2.45) is 0 Å². The average Bonchev–Trinajstić information content (AvgIpc) is 2.51. The van der Waals surface area contributed by atoms with E-state index in [9.17, 15) is 14.6 Å². The first-order valence-electron chi connectivity index (χ1n) is 6.74. The summed E-state index contributed by atoms with van der Waals surface area (Å²) in [6.07, 6.45) is 0.441. The van der Waals surface area contributed by atoms with E-state index in [0.29, 0.717) is 28.3 Å². The molecular formula is C18H15FO2. The fourth-order valence-electron chi connectivity index (χ4n) is 2.60. The van der Waals surface area contributed by atoms with E-state index >= 15 is 0 Å². The van der Waals surface area contributed by atoms with E-state index in [1.807, 2.05) is 12.1 Å². The van der Waals surface area contributed by atoms with Crippen molar-refractivity contribution < 1.29 is 14.6 Å². The van der Waals surface area contributed by atoms with Crippen LogP contribution in [0.3, 0.4) is 0 Å². The summed E-state index contributed by atoms with van der Waals surface area (Å²) in [5.74, 6) is 0.0618. The molecule has 0 heterocycles. The summed E-state index contributed by atoms with van der Waals surface area (Å²) in [5.41, 5.74) is 2.19. The Kier molecular flexibility index (Phi) is 3.26. The van der Waals surface area contributed by atoms with Gasteiger partial charge in [0.2, 0.25) is 0 Å². The van der Waals surface area contributed by atoms with Gasteiger partial charge < -0.3 is 10.2 Å². The van der Waals surface area contributed by atoms with Crippen LogP contribution >= 0.6 is 0 Å². The van der Waals surface area contributed by atoms with Crippen LogP contribution in [0.25, 0.3) is 10.8 Å². The summed E-state index contributed by atoms with van der Waals surface area (Å²) < 4.78 is 13.0. The molecule has 0 amide bonds. The topological polar surface area (TPSA) is 40.5 Å². The minimum Gasteiger partial charge on any atom is -0.507 e. The number of halogens is 1. The minimum absolute atomic E-state index is 0.172. The molecule has 0 aliphatic heterocycles. The Bertz CT molecular complexity index is 808. The van der Waals surface area contributed by atoms with Crippen LogP contribution in [0.15, 0.2) is 48.5 Å². The molecule has 0 unspecified atom stereocenters. The van der Waals surface area contributed by atoms with Gasteiger partial charge in [-0.3, -0.25) is 0 Å². The molecule has 0 atom stereocenters. The molecule has 0 saturated heterocycles. The van der Waals surface area contributed by atoms with Gasteiger partial charge in [-0.05, 0) is 30.2 Å². The van der Waals surface area contributed by atoms with Crippen LogP contribution in [0, 0.1) is 12.7 Å². The Morgan fingerprint density at radius 2 is 1.43 bits per heavy atom. The predicted molar refractivity (Wildman–Crippen MR) is 81.2 cm³/mol. The van der Waals surface area contributed by atoms with Gasteiger partial charge in [-0.1, -0.05) is 36.4 Å². The number of hydrogen-bond acceptors (Lipinski definition) is 2. The lowest BCUT2D eigenvalue weighted by Crippen LogP contribution is -1.95. The molecular weight excluding hydrogens is 267 g/mol. The summed E-state index contributed by atoms with van der Waals surface area (Å²) in [4.78, 5) is 0. The van der Waals surface area contributed by atoms with Crippen molar-refractivity contribution in [2.45, 2.75) is 13.3 Å². The van der Waals surface area contributed by atoms with E-state index < -0.39 is 0 Å². The van der Waals surface area contributed by atoms with E-state index in [2.05, 4.69) is 0 Å². The number of rotatable bonds is 2. The number of benzene rings is 3. The molecule has 0 fully saturated rings. The number of phenolic OH excluding ortho intramolecular Hbond substituents is 2. The van der Waals surface area contributed by atoms with Gasteiger partial charge in [0.25, 0.3) is 0 Å². The van der Waals surface area contributed by atoms with Gasteiger partial charge in [0.15, 0.2) is 0 Å². The highest BCUT2D eigenvalue weighted by Crippen LogP contribution is 2.39. The third-order valence-corrected chi connectivity index (χ3v) is 3.83. The maximum Gasteiger partial charge on any atom is 0.127 e. The van der Waals surface area contributed by atoms with Crippen molar-refractivity contribution in [3.05, 3.63) is 71.0 Å². The van der Waals surface area contributed by atoms with Crippen LogP contribution in [-0.4, -0.2) is 10.2 Å². The fraction of sp³-hybridized carbons (Fsp3) is 0.111. The SMILES string of the molecule is Cc1c(Cc2ccc(F)cc2)c(O)c2ccccc2c1O. The molecule has 106 valence electrons. The first-order chi connectivity index (χ1) is 10.1. The Morgan fingerprint density at radius 3 is 2.05 bits per heavy atom. The predicted octanol–water partition coefficient (Wildman–Crippen LogP) is 4.29. The van der Waals surface area contributed by atoms with Crippen molar-refractivity contribution in [3.8, 4) is 11.5 Å². The largest absolute Gasteiger partial charge is 0.507 e. The van der Waals surface area contributed by atoms with Crippen LogP contribution < -0.4 is 0 Å². The van der Waals surface area contributed by atoms with Crippen LogP contribution in [0.5, 0.6) is 11.5 Å². The van der Waals surface area contributed by atoms with Crippen LogP contribution in [0.2, 0.25) is 0 Å². The average molecular weight is 282 g/mol. The maximum absolute atomic E-state index is 13.0. The van der Waals surface area contributed by atoms with E-state index in [4.69, 9.17) is 0 Å². The lowest BCUT2D eigenvalue weighted by Gasteiger charge is -2.14. The molecule has 0 aliphatic rings. The lowest BCUT2D eigenvalue weighted by atomic mass is 9.94. The van der Waals surface area contributed by atoms with E-state index in [1.54, 1.807) is 31.2 Å². The summed E-state index contributed by atoms with van der Waals surface area (Å²) in [7, 11) is 0. The molecule has 3 rings (SSSR count). The summed E-state index contributed by atoms with van der Waals surface area (Å²) >= 11 is 0. The zero-order chi connectivity index (χ0) is 15.0. The van der Waals surface area contributed by atoms with Crippen molar-refractivity contribution in [2.75, 3.05) is 0 Å². The van der Waals surface area contributed by atoms with Gasteiger partial charge in [0, 0.05) is 22.8 Å². The van der Waals surface area contributed by atoms with Gasteiger partial charge in [0.1, 0.15) is 17.3 Å². The standard InChI is InChI=1S/C18H15FO2/c1-11-16(10-12-6-8-13(19)9-7-12)18(21)15-5-3-2-4-14(15)17(11)20/h2-9,20-21H,10H2,1H3. The van der Waals surface area contributed by atoms with Gasteiger partial charge in [-0.25, -0.2) is 4.39 Å². The van der Waals surface area contributed by atoms with Crippen LogP contribution in [0.1, 0.15) is 16.7 Å². The van der Waals surface area contributed by atoms with Gasteiger partial charge >= 0.3 is 0 Å². The zero-order valence-corrected chi connectivity index (χ0v) is 11.6. The fourth-order valence-corrected chi connectivity index (χ4v) is 2.60. The third kappa shape index (κ3) is 2.31. The normalized spacial score (nSPS) is 11.0. The molecule has 2 N–H and O–H groups in total. The Hall–Kier alpha value is -2.55. The Balaban J connectivity index is 2.16. The van der Waals surface area contributed by atoms with Crippen LogP contribution in [-0.2, 0) is 6.42 Å². The molecule has 0 saturated carbocycles. The van der Waals surface area contributed by atoms with E-state index in [0.717, 1.165) is 5.56 Å². The van der Waals surface area contributed by atoms with E-state index in [1.165, 1.54) is 12.1 Å². The van der Waals surface area contributed by atoms with Gasteiger partial charge in [0.05, 0.1) is 0 Å². The highest BCUT2D eigenvalue weighted by molar-refractivity contribution is 5.95. The minimum atomic E-state index is -0.291. The Labute approximate surface area is 122 Å². The zero-order valence-electron chi connectivity index (χ0n) is 11.6. The summed E-state index contributed by atoms with van der Waals surface area (Å²) in [6, 6.07) is 13.3. The molecule has 3 aromatic rings. The second-order valence-corrected chi connectivity index (χ2v) is 5.15. The van der Waals surface area contributed by atoms with Gasteiger partial charge in [-0.2, -0.15) is 0 Å². The molecule has 0 spiro atoms. The van der Waals surface area contributed by atoms with Gasteiger partial charge in [-0.15, -0.1) is 0 Å². The molecule has 0 radical (unpaired) electrons. The summed E-state index contributed by atoms with van der Waals surface area (Å²) in [6.45, 7) is 1.78. The van der Waals surface area contributed by atoms with Crippen molar-refractivity contribution in [1.82, 2.24) is 0 Å². The number of fused-ring (bicyclic) bond motifs is 1. The number of hydrogen-bond donors (Lipinski definition) is 2. The monoisotopic (exact) mass is 282 g/mol. The third-order valence-electron chi connectivity index (χ3n) is 3.83. The van der Waals surface area contributed by atoms with Crippen molar-refractivity contribution in [1.29, 1.82) is 0 Å². The molecule has 21 heavy (non-hydrogen) atoms. The van der Waals surface area contributed by atoms with Crippen molar-refractivity contribution >= 4 is 10.8 Å². The molecule has 3 aromatic carbocycles. The molecule has 2 nitrogen and oxygen atoms in total. The first-order valence-corrected chi connectivity index (χ1v) is 6.74. The second kappa shape index (κ2) is 5.09. The highest BCUT2D eigenvalue weighted by atomic mass is 19.1.